The van der Waals surface area contributed by atoms with E-state index in [-0.39, 0.29) is 6.04 Å². The number of nitrogens with two attached hydrogens (primary N) is 1. The fourth-order valence-electron chi connectivity index (χ4n) is 2.18. The molecular weight excluding hydrogens is 256 g/mol. The van der Waals surface area contributed by atoms with Gasteiger partial charge in [-0.2, -0.15) is 0 Å². The van der Waals surface area contributed by atoms with Gasteiger partial charge < -0.3 is 14.2 Å². The highest BCUT2D eigenvalue weighted by atomic mass is 16.5. The molecule has 1 rings (SSSR count). The minimum Gasteiger partial charge on any atom is -0.496 e. The number of hydrazine groups is 1. The molecule has 0 radical (unpaired) electrons. The molecule has 0 aromatic heterocycles. The molecule has 114 valence electrons. The van der Waals surface area contributed by atoms with E-state index in [1.165, 1.54) is 0 Å². The minimum atomic E-state index is 0.0136. The highest BCUT2D eigenvalue weighted by Crippen LogP contribution is 2.39. The lowest BCUT2D eigenvalue weighted by molar-refractivity contribution is 0.340. The maximum atomic E-state index is 5.72. The first-order chi connectivity index (χ1) is 9.60. The van der Waals surface area contributed by atoms with Crippen molar-refractivity contribution in [3.63, 3.8) is 0 Å². The van der Waals surface area contributed by atoms with Crippen molar-refractivity contribution in [3.8, 4) is 17.2 Å². The molecule has 0 aliphatic carbocycles. The predicted molar refractivity (Wildman–Crippen MR) is 80.2 cm³/mol. The fraction of sp³-hybridized carbons (Fsp3) is 0.600. The smallest absolute Gasteiger partial charge is 0.164 e. The SMILES string of the molecule is CCC(C)CC(NN)c1cc(OC)c(OC)cc1OC. The van der Waals surface area contributed by atoms with Gasteiger partial charge in [0.15, 0.2) is 11.5 Å². The zero-order valence-electron chi connectivity index (χ0n) is 13.0. The van der Waals surface area contributed by atoms with Crippen LogP contribution < -0.4 is 25.5 Å². The molecule has 3 N–H and O–H groups in total. The lowest BCUT2D eigenvalue weighted by atomic mass is 9.94. The molecule has 5 heteroatoms. The second-order valence-electron chi connectivity index (χ2n) is 4.92. The van der Waals surface area contributed by atoms with Crippen molar-refractivity contribution < 1.29 is 14.2 Å². The summed E-state index contributed by atoms with van der Waals surface area (Å²) in [4.78, 5) is 0. The van der Waals surface area contributed by atoms with E-state index in [2.05, 4.69) is 19.3 Å². The predicted octanol–water partition coefficient (Wildman–Crippen LogP) is 2.65. The first-order valence-corrected chi connectivity index (χ1v) is 6.87. The Bertz CT molecular complexity index is 424. The fourth-order valence-corrected chi connectivity index (χ4v) is 2.18. The van der Waals surface area contributed by atoms with Gasteiger partial charge in [0, 0.05) is 11.6 Å². The third-order valence-electron chi connectivity index (χ3n) is 3.65. The number of hydrogen-bond donors (Lipinski definition) is 2. The Morgan fingerprint density at radius 1 is 1.05 bits per heavy atom. The number of benzene rings is 1. The van der Waals surface area contributed by atoms with Crippen molar-refractivity contribution in [1.29, 1.82) is 0 Å². The number of hydrogen-bond acceptors (Lipinski definition) is 5. The summed E-state index contributed by atoms with van der Waals surface area (Å²) < 4.78 is 16.1. The Morgan fingerprint density at radius 2 is 1.60 bits per heavy atom. The van der Waals surface area contributed by atoms with Gasteiger partial charge in [-0.05, 0) is 18.4 Å². The average Bonchev–Trinajstić information content (AvgIpc) is 2.50. The van der Waals surface area contributed by atoms with Crippen LogP contribution in [0.1, 0.15) is 38.3 Å². The Kier molecular flexibility index (Phi) is 6.61. The standard InChI is InChI=1S/C15H26N2O3/c1-6-10(2)7-12(17-16)11-8-14(19-4)15(20-5)9-13(11)18-3/h8-10,12,17H,6-7,16H2,1-5H3. The molecule has 20 heavy (non-hydrogen) atoms. The van der Waals surface area contributed by atoms with Crippen LogP contribution in [0.4, 0.5) is 0 Å². The Balaban J connectivity index is 3.18. The number of nitrogens with one attached hydrogen (secondary N) is 1. The Hall–Kier alpha value is -1.46. The topological polar surface area (TPSA) is 65.7 Å². The summed E-state index contributed by atoms with van der Waals surface area (Å²) in [6.45, 7) is 4.38. The molecule has 0 amide bonds. The monoisotopic (exact) mass is 282 g/mol. The summed E-state index contributed by atoms with van der Waals surface area (Å²) in [6, 6.07) is 3.76. The van der Waals surface area contributed by atoms with Crippen LogP contribution in [0.25, 0.3) is 0 Å². The van der Waals surface area contributed by atoms with Gasteiger partial charge in [-0.1, -0.05) is 20.3 Å². The van der Waals surface area contributed by atoms with Crippen molar-refractivity contribution in [3.05, 3.63) is 17.7 Å². The third-order valence-corrected chi connectivity index (χ3v) is 3.65. The van der Waals surface area contributed by atoms with Crippen LogP contribution in [0.5, 0.6) is 17.2 Å². The van der Waals surface area contributed by atoms with Crippen molar-refractivity contribution >= 4 is 0 Å². The normalized spacial score (nSPS) is 13.7. The summed E-state index contributed by atoms with van der Waals surface area (Å²) in [6.07, 6.45) is 2.03. The molecule has 0 aliphatic heterocycles. The number of methoxy groups -OCH3 is 3. The zero-order chi connectivity index (χ0) is 15.1. The van der Waals surface area contributed by atoms with Crippen molar-refractivity contribution in [2.75, 3.05) is 21.3 Å². The van der Waals surface area contributed by atoms with Crippen LogP contribution in [0, 0.1) is 5.92 Å². The maximum Gasteiger partial charge on any atom is 0.164 e. The largest absolute Gasteiger partial charge is 0.496 e. The molecule has 2 unspecified atom stereocenters. The molecule has 0 spiro atoms. The number of ether oxygens (including phenoxy) is 3. The van der Waals surface area contributed by atoms with E-state index < -0.39 is 0 Å². The van der Waals surface area contributed by atoms with Gasteiger partial charge >= 0.3 is 0 Å². The van der Waals surface area contributed by atoms with Gasteiger partial charge in [-0.15, -0.1) is 0 Å². The number of rotatable bonds is 8. The third kappa shape index (κ3) is 3.77. The average molecular weight is 282 g/mol. The molecule has 0 heterocycles. The zero-order valence-corrected chi connectivity index (χ0v) is 13.0. The van der Waals surface area contributed by atoms with Crippen LogP contribution in [-0.2, 0) is 0 Å². The summed E-state index contributed by atoms with van der Waals surface area (Å²) in [5.74, 6) is 8.34. The van der Waals surface area contributed by atoms with E-state index in [4.69, 9.17) is 20.1 Å². The van der Waals surface area contributed by atoms with Crippen LogP contribution in [0.2, 0.25) is 0 Å². The molecule has 0 fully saturated rings. The maximum absolute atomic E-state index is 5.72. The van der Waals surface area contributed by atoms with E-state index in [1.54, 1.807) is 21.3 Å². The van der Waals surface area contributed by atoms with Gasteiger partial charge in [0.25, 0.3) is 0 Å². The van der Waals surface area contributed by atoms with Gasteiger partial charge in [0.1, 0.15) is 5.75 Å². The second-order valence-corrected chi connectivity index (χ2v) is 4.92. The van der Waals surface area contributed by atoms with Gasteiger partial charge in [-0.3, -0.25) is 11.3 Å². The van der Waals surface area contributed by atoms with Crippen LogP contribution in [0.15, 0.2) is 12.1 Å². The molecule has 2 atom stereocenters. The van der Waals surface area contributed by atoms with Crippen LogP contribution in [-0.4, -0.2) is 21.3 Å². The van der Waals surface area contributed by atoms with E-state index in [1.807, 2.05) is 12.1 Å². The first-order valence-electron chi connectivity index (χ1n) is 6.87. The highest BCUT2D eigenvalue weighted by Gasteiger charge is 2.20. The minimum absolute atomic E-state index is 0.0136. The summed E-state index contributed by atoms with van der Waals surface area (Å²) in [5.41, 5.74) is 3.85. The summed E-state index contributed by atoms with van der Waals surface area (Å²) in [5, 5.41) is 0. The van der Waals surface area contributed by atoms with E-state index in [0.29, 0.717) is 17.4 Å². The van der Waals surface area contributed by atoms with Gasteiger partial charge in [-0.25, -0.2) is 0 Å². The molecular formula is C15H26N2O3. The van der Waals surface area contributed by atoms with Crippen molar-refractivity contribution in [1.82, 2.24) is 5.43 Å². The molecule has 0 saturated carbocycles. The summed E-state index contributed by atoms with van der Waals surface area (Å²) >= 11 is 0. The lowest BCUT2D eigenvalue weighted by Crippen LogP contribution is -2.29. The Labute approximate surface area is 121 Å². The van der Waals surface area contributed by atoms with Crippen LogP contribution >= 0.6 is 0 Å². The van der Waals surface area contributed by atoms with E-state index in [0.717, 1.165) is 24.2 Å². The summed E-state index contributed by atoms with van der Waals surface area (Å²) in [7, 11) is 4.87. The Morgan fingerprint density at radius 3 is 2.05 bits per heavy atom. The van der Waals surface area contributed by atoms with Gasteiger partial charge in [0.2, 0.25) is 0 Å². The van der Waals surface area contributed by atoms with Gasteiger partial charge in [0.05, 0.1) is 27.4 Å². The highest BCUT2D eigenvalue weighted by molar-refractivity contribution is 5.51. The molecule has 0 aliphatic rings. The molecule has 5 nitrogen and oxygen atoms in total. The lowest BCUT2D eigenvalue weighted by Gasteiger charge is -2.23. The van der Waals surface area contributed by atoms with Crippen molar-refractivity contribution in [2.45, 2.75) is 32.7 Å². The van der Waals surface area contributed by atoms with Crippen molar-refractivity contribution in [2.24, 2.45) is 11.8 Å². The van der Waals surface area contributed by atoms with Crippen LogP contribution in [0.3, 0.4) is 0 Å². The molecule has 0 saturated heterocycles. The first kappa shape index (κ1) is 16.6. The van der Waals surface area contributed by atoms with E-state index in [9.17, 15) is 0 Å². The molecule has 1 aromatic carbocycles. The molecule has 0 bridgehead atoms. The molecule has 1 aromatic rings. The quantitative estimate of drug-likeness (QED) is 0.567. The van der Waals surface area contributed by atoms with E-state index >= 15 is 0 Å². The second kappa shape index (κ2) is 7.97.